The average molecular weight is 389 g/mol. The van der Waals surface area contributed by atoms with E-state index in [9.17, 15) is 4.79 Å². The number of halogens is 2. The number of hydrogen-bond acceptors (Lipinski definition) is 5. The molecule has 0 fully saturated rings. The van der Waals surface area contributed by atoms with E-state index in [1.54, 1.807) is 46.4 Å². The van der Waals surface area contributed by atoms with Crippen LogP contribution in [0.1, 0.15) is 34.7 Å². The molecule has 0 aliphatic carbocycles. The largest absolute Gasteiger partial charge is 0.330 e. The summed E-state index contributed by atoms with van der Waals surface area (Å²) < 4.78 is 1.68. The van der Waals surface area contributed by atoms with Gasteiger partial charge in [0.2, 0.25) is 0 Å². The molecule has 0 bridgehead atoms. The van der Waals surface area contributed by atoms with Gasteiger partial charge < -0.3 is 4.90 Å². The van der Waals surface area contributed by atoms with Gasteiger partial charge in [0, 0.05) is 30.4 Å². The summed E-state index contributed by atoms with van der Waals surface area (Å²) in [6, 6.07) is 4.64. The fourth-order valence-electron chi connectivity index (χ4n) is 3.12. The normalized spacial score (nSPS) is 16.4. The smallest absolute Gasteiger partial charge is 0.255 e. The van der Waals surface area contributed by atoms with Crippen LogP contribution < -0.4 is 0 Å². The lowest BCUT2D eigenvalue weighted by molar-refractivity contribution is 0.0672. The molecule has 1 amide bonds. The summed E-state index contributed by atoms with van der Waals surface area (Å²) in [5, 5.41) is 9.30. The van der Waals surface area contributed by atoms with E-state index in [4.69, 9.17) is 23.2 Å². The van der Waals surface area contributed by atoms with E-state index in [0.717, 1.165) is 11.4 Å². The van der Waals surface area contributed by atoms with Gasteiger partial charge in [-0.05, 0) is 25.1 Å². The molecule has 26 heavy (non-hydrogen) atoms. The lowest BCUT2D eigenvalue weighted by Gasteiger charge is -2.32. The molecule has 132 valence electrons. The van der Waals surface area contributed by atoms with Gasteiger partial charge in [-0.1, -0.05) is 28.4 Å². The van der Waals surface area contributed by atoms with Gasteiger partial charge in [-0.25, -0.2) is 4.98 Å². The minimum atomic E-state index is -0.233. The molecule has 1 atom stereocenters. The van der Waals surface area contributed by atoms with Gasteiger partial charge in [-0.2, -0.15) is 4.68 Å². The van der Waals surface area contributed by atoms with Crippen LogP contribution in [0.5, 0.6) is 0 Å². The van der Waals surface area contributed by atoms with Gasteiger partial charge in [0.05, 0.1) is 28.5 Å². The van der Waals surface area contributed by atoms with Crippen molar-refractivity contribution in [3.8, 4) is 5.82 Å². The Morgan fingerprint density at radius 2 is 2.12 bits per heavy atom. The Bertz CT molecular complexity index is 975. The number of aromatic nitrogens is 5. The minimum absolute atomic E-state index is 0.154. The molecule has 1 aliphatic heterocycles. The predicted octanol–water partition coefficient (Wildman–Crippen LogP) is 3.12. The Balaban J connectivity index is 1.66. The fraction of sp³-hybridized carbons (Fsp3) is 0.235. The number of nitrogens with zero attached hydrogens (tertiary/aromatic N) is 6. The van der Waals surface area contributed by atoms with Crippen molar-refractivity contribution in [3.63, 3.8) is 0 Å². The maximum absolute atomic E-state index is 12.9. The van der Waals surface area contributed by atoms with Crippen LogP contribution >= 0.6 is 23.2 Å². The fourth-order valence-corrected chi connectivity index (χ4v) is 3.61. The molecular formula is C17H14Cl2N6O. The third kappa shape index (κ3) is 2.83. The zero-order chi connectivity index (χ0) is 18.3. The van der Waals surface area contributed by atoms with Crippen LogP contribution in [0.4, 0.5) is 0 Å². The summed E-state index contributed by atoms with van der Waals surface area (Å²) in [6.45, 7) is 2.45. The molecule has 1 aromatic carbocycles. The quantitative estimate of drug-likeness (QED) is 0.673. The molecule has 2 aromatic heterocycles. The second kappa shape index (κ2) is 6.66. The molecule has 9 heteroatoms. The Morgan fingerprint density at radius 1 is 1.27 bits per heavy atom. The molecule has 3 aromatic rings. The van der Waals surface area contributed by atoms with Gasteiger partial charge in [0.25, 0.3) is 5.91 Å². The Morgan fingerprint density at radius 3 is 2.85 bits per heavy atom. The highest BCUT2D eigenvalue weighted by Crippen LogP contribution is 2.31. The monoisotopic (exact) mass is 388 g/mol. The zero-order valence-electron chi connectivity index (χ0n) is 13.8. The molecule has 0 saturated heterocycles. The van der Waals surface area contributed by atoms with Crippen molar-refractivity contribution < 1.29 is 4.79 Å². The summed E-state index contributed by atoms with van der Waals surface area (Å²) in [5.74, 6) is 0.452. The van der Waals surface area contributed by atoms with Gasteiger partial charge in [0.1, 0.15) is 5.69 Å². The van der Waals surface area contributed by atoms with Gasteiger partial charge in [-0.3, -0.25) is 9.78 Å². The number of carbonyl (C=O) groups excluding carboxylic acids is 1. The second-order valence-corrected chi connectivity index (χ2v) is 6.79. The van der Waals surface area contributed by atoms with Gasteiger partial charge in [0.15, 0.2) is 5.82 Å². The molecule has 3 heterocycles. The van der Waals surface area contributed by atoms with Gasteiger partial charge >= 0.3 is 0 Å². The highest BCUT2D eigenvalue weighted by atomic mass is 35.5. The summed E-state index contributed by atoms with van der Waals surface area (Å²) in [7, 11) is 0. The first-order valence-corrected chi connectivity index (χ1v) is 8.78. The maximum atomic E-state index is 12.9. The number of amides is 1. The summed E-state index contributed by atoms with van der Waals surface area (Å²) in [4.78, 5) is 23.0. The number of carbonyl (C=O) groups is 1. The van der Waals surface area contributed by atoms with Crippen molar-refractivity contribution in [2.24, 2.45) is 0 Å². The lowest BCUT2D eigenvalue weighted by atomic mass is 10.0. The number of rotatable bonds is 2. The molecule has 0 N–H and O–H groups in total. The molecule has 0 radical (unpaired) electrons. The number of hydrogen-bond donors (Lipinski definition) is 0. The van der Waals surface area contributed by atoms with E-state index in [2.05, 4.69) is 20.3 Å². The van der Waals surface area contributed by atoms with E-state index in [-0.39, 0.29) is 11.9 Å². The van der Waals surface area contributed by atoms with E-state index >= 15 is 0 Å². The standard InChI is InChI=1S/C17H14Cl2N6O/c1-10-16-14(25(23-22-16)15-9-20-5-6-21-15)4-7-24(10)17(26)12-3-2-11(18)8-13(12)19/h2-3,5-6,8-10H,4,7H2,1H3. The Kier molecular flexibility index (Phi) is 4.34. The molecule has 0 saturated carbocycles. The first-order valence-electron chi connectivity index (χ1n) is 8.03. The van der Waals surface area contributed by atoms with Crippen LogP contribution in [0.25, 0.3) is 5.82 Å². The van der Waals surface area contributed by atoms with Crippen LogP contribution in [0.15, 0.2) is 36.8 Å². The molecule has 0 spiro atoms. The van der Waals surface area contributed by atoms with Crippen molar-refractivity contribution in [3.05, 3.63) is 63.8 Å². The molecule has 7 nitrogen and oxygen atoms in total. The van der Waals surface area contributed by atoms with Crippen molar-refractivity contribution in [2.75, 3.05) is 6.54 Å². The van der Waals surface area contributed by atoms with Crippen LogP contribution in [0, 0.1) is 0 Å². The van der Waals surface area contributed by atoms with Crippen LogP contribution in [0.2, 0.25) is 10.0 Å². The second-order valence-electron chi connectivity index (χ2n) is 5.95. The van der Waals surface area contributed by atoms with Crippen molar-refractivity contribution in [1.29, 1.82) is 0 Å². The highest BCUT2D eigenvalue weighted by molar-refractivity contribution is 6.36. The molecule has 4 rings (SSSR count). The topological polar surface area (TPSA) is 76.8 Å². The zero-order valence-corrected chi connectivity index (χ0v) is 15.3. The first-order chi connectivity index (χ1) is 12.6. The minimum Gasteiger partial charge on any atom is -0.330 e. The van der Waals surface area contributed by atoms with Crippen molar-refractivity contribution in [2.45, 2.75) is 19.4 Å². The lowest BCUT2D eigenvalue weighted by Crippen LogP contribution is -2.39. The van der Waals surface area contributed by atoms with E-state index in [1.165, 1.54) is 0 Å². The maximum Gasteiger partial charge on any atom is 0.255 e. The summed E-state index contributed by atoms with van der Waals surface area (Å²) in [5.41, 5.74) is 2.11. The van der Waals surface area contributed by atoms with E-state index in [0.29, 0.717) is 34.4 Å². The van der Waals surface area contributed by atoms with Crippen LogP contribution in [0.3, 0.4) is 0 Å². The average Bonchev–Trinajstić information content (AvgIpc) is 3.07. The summed E-state index contributed by atoms with van der Waals surface area (Å²) in [6.07, 6.45) is 5.45. The van der Waals surface area contributed by atoms with Crippen LogP contribution in [-0.2, 0) is 6.42 Å². The Hall–Kier alpha value is -2.51. The van der Waals surface area contributed by atoms with Crippen LogP contribution in [-0.4, -0.2) is 42.3 Å². The molecule has 1 aliphatic rings. The number of benzene rings is 1. The van der Waals surface area contributed by atoms with Gasteiger partial charge in [-0.15, -0.1) is 5.10 Å². The predicted molar refractivity (Wildman–Crippen MR) is 96.6 cm³/mol. The van der Waals surface area contributed by atoms with Crippen molar-refractivity contribution >= 4 is 29.1 Å². The van der Waals surface area contributed by atoms with Crippen molar-refractivity contribution in [1.82, 2.24) is 29.9 Å². The Labute approximate surface area is 159 Å². The third-order valence-electron chi connectivity index (χ3n) is 4.43. The number of fused-ring (bicyclic) bond motifs is 1. The van der Waals surface area contributed by atoms with E-state index in [1.807, 2.05) is 6.92 Å². The first kappa shape index (κ1) is 16.9. The summed E-state index contributed by atoms with van der Waals surface area (Å²) >= 11 is 12.1. The molecule has 1 unspecified atom stereocenters. The highest BCUT2D eigenvalue weighted by Gasteiger charge is 2.33. The SMILES string of the molecule is CC1c2nnn(-c3cnccn3)c2CCN1C(=O)c1ccc(Cl)cc1Cl. The van der Waals surface area contributed by atoms with E-state index < -0.39 is 0 Å². The third-order valence-corrected chi connectivity index (χ3v) is 4.98. The molecular weight excluding hydrogens is 375 g/mol.